The van der Waals surface area contributed by atoms with E-state index in [1.54, 1.807) is 13.0 Å². The molecule has 0 amide bonds. The van der Waals surface area contributed by atoms with E-state index in [-0.39, 0.29) is 0 Å². The summed E-state index contributed by atoms with van der Waals surface area (Å²) in [5, 5.41) is 11.8. The van der Waals surface area contributed by atoms with Crippen molar-refractivity contribution in [3.05, 3.63) is 60.2 Å². The Labute approximate surface area is 118 Å². The van der Waals surface area contributed by atoms with Gasteiger partial charge in [0, 0.05) is 11.8 Å². The first-order valence-electron chi connectivity index (χ1n) is 6.41. The Balaban J connectivity index is 1.97. The molecule has 4 heteroatoms. The van der Waals surface area contributed by atoms with E-state index in [1.165, 1.54) is 0 Å². The van der Waals surface area contributed by atoms with Crippen LogP contribution in [0.2, 0.25) is 0 Å². The molecule has 1 unspecified atom stereocenters. The van der Waals surface area contributed by atoms with Crippen LogP contribution in [0.1, 0.15) is 12.5 Å². The summed E-state index contributed by atoms with van der Waals surface area (Å²) in [4.78, 5) is 10.8. The first-order chi connectivity index (χ1) is 9.65. The lowest BCUT2D eigenvalue weighted by molar-refractivity contribution is -0.137. The molecule has 0 heterocycles. The number of nitrogens with one attached hydrogen (secondary N) is 1. The van der Waals surface area contributed by atoms with Crippen LogP contribution in [0.4, 0.5) is 5.69 Å². The van der Waals surface area contributed by atoms with Gasteiger partial charge in [-0.15, -0.1) is 0 Å². The van der Waals surface area contributed by atoms with E-state index >= 15 is 0 Å². The third-order valence-corrected chi connectivity index (χ3v) is 2.84. The first-order valence-corrected chi connectivity index (χ1v) is 6.41. The third kappa shape index (κ3) is 4.02. The lowest BCUT2D eigenvalue weighted by Crippen LogP contribution is -2.25. The molecule has 1 atom stereocenters. The molecule has 0 spiro atoms. The summed E-state index contributed by atoms with van der Waals surface area (Å²) in [6.45, 7) is 2.08. The van der Waals surface area contributed by atoms with Crippen molar-refractivity contribution in [2.45, 2.75) is 19.6 Å². The van der Waals surface area contributed by atoms with E-state index in [0.717, 1.165) is 11.3 Å². The maximum atomic E-state index is 10.8. The topological polar surface area (TPSA) is 58.6 Å². The van der Waals surface area contributed by atoms with Crippen molar-refractivity contribution in [3.8, 4) is 5.75 Å². The van der Waals surface area contributed by atoms with Crippen LogP contribution in [0.3, 0.4) is 0 Å². The predicted molar refractivity (Wildman–Crippen MR) is 77.9 cm³/mol. The van der Waals surface area contributed by atoms with Gasteiger partial charge in [0.15, 0.2) is 0 Å². The number of rotatable bonds is 6. The fourth-order valence-corrected chi connectivity index (χ4v) is 1.73. The second-order valence-corrected chi connectivity index (χ2v) is 4.51. The van der Waals surface area contributed by atoms with E-state index in [4.69, 9.17) is 9.84 Å². The molecule has 0 aromatic heterocycles. The van der Waals surface area contributed by atoms with Gasteiger partial charge in [-0.3, -0.25) is 4.79 Å². The highest BCUT2D eigenvalue weighted by Gasteiger charge is 2.10. The quantitative estimate of drug-likeness (QED) is 0.847. The number of hydrogen-bond acceptors (Lipinski definition) is 3. The molecule has 0 bridgehead atoms. The molecule has 104 valence electrons. The summed E-state index contributed by atoms with van der Waals surface area (Å²) in [5.41, 5.74) is 1.82. The number of carbonyl (C=O) groups is 1. The van der Waals surface area contributed by atoms with Gasteiger partial charge in [0.25, 0.3) is 0 Å². The largest absolute Gasteiger partial charge is 0.489 e. The van der Waals surface area contributed by atoms with Crippen molar-refractivity contribution in [3.63, 3.8) is 0 Å². The Kier molecular flexibility index (Phi) is 4.60. The summed E-state index contributed by atoms with van der Waals surface area (Å²) in [7, 11) is 0. The van der Waals surface area contributed by atoms with Gasteiger partial charge in [-0.05, 0) is 24.6 Å². The zero-order valence-electron chi connectivity index (χ0n) is 11.2. The second kappa shape index (κ2) is 6.61. The van der Waals surface area contributed by atoms with Crippen molar-refractivity contribution in [2.24, 2.45) is 0 Å². The fraction of sp³-hybridized carbons (Fsp3) is 0.188. The summed E-state index contributed by atoms with van der Waals surface area (Å²) in [5.74, 6) is -0.183. The van der Waals surface area contributed by atoms with Gasteiger partial charge in [-0.2, -0.15) is 0 Å². The molecule has 0 aliphatic heterocycles. The minimum atomic E-state index is -0.888. The molecule has 2 rings (SSSR count). The summed E-state index contributed by atoms with van der Waals surface area (Å²) in [6, 6.07) is 16.5. The number of hydrogen-bond donors (Lipinski definition) is 2. The lowest BCUT2D eigenvalue weighted by Gasteiger charge is -2.12. The van der Waals surface area contributed by atoms with Gasteiger partial charge in [0.05, 0.1) is 0 Å². The number of anilines is 1. The van der Waals surface area contributed by atoms with Crippen LogP contribution in [0.25, 0.3) is 0 Å². The number of carboxylic acids is 1. The summed E-state index contributed by atoms with van der Waals surface area (Å²) >= 11 is 0. The Bertz CT molecular complexity index is 569. The molecule has 20 heavy (non-hydrogen) atoms. The van der Waals surface area contributed by atoms with Gasteiger partial charge in [-0.1, -0.05) is 36.4 Å². The fourth-order valence-electron chi connectivity index (χ4n) is 1.73. The number of benzene rings is 2. The molecule has 0 aliphatic rings. The van der Waals surface area contributed by atoms with Crippen molar-refractivity contribution < 1.29 is 14.6 Å². The van der Waals surface area contributed by atoms with E-state index in [1.807, 2.05) is 48.5 Å². The molecule has 2 aromatic carbocycles. The van der Waals surface area contributed by atoms with Gasteiger partial charge in [0.2, 0.25) is 0 Å². The molecule has 2 aromatic rings. The highest BCUT2D eigenvalue weighted by atomic mass is 16.5. The van der Waals surface area contributed by atoms with Gasteiger partial charge in [0.1, 0.15) is 18.4 Å². The molecular weight excluding hydrogens is 254 g/mol. The lowest BCUT2D eigenvalue weighted by atomic mass is 10.2. The van der Waals surface area contributed by atoms with Crippen LogP contribution in [0, 0.1) is 0 Å². The molecular formula is C16H17NO3. The van der Waals surface area contributed by atoms with Crippen molar-refractivity contribution >= 4 is 11.7 Å². The molecule has 0 saturated carbocycles. The van der Waals surface area contributed by atoms with Crippen LogP contribution in [-0.2, 0) is 11.4 Å². The second-order valence-electron chi connectivity index (χ2n) is 4.51. The van der Waals surface area contributed by atoms with Crippen LogP contribution >= 0.6 is 0 Å². The van der Waals surface area contributed by atoms with E-state index in [0.29, 0.717) is 12.4 Å². The maximum absolute atomic E-state index is 10.8. The van der Waals surface area contributed by atoms with Crippen molar-refractivity contribution in [2.75, 3.05) is 5.32 Å². The summed E-state index contributed by atoms with van der Waals surface area (Å²) < 4.78 is 5.69. The van der Waals surface area contributed by atoms with Gasteiger partial charge in [-0.25, -0.2) is 0 Å². The first kappa shape index (κ1) is 13.9. The molecule has 2 N–H and O–H groups in total. The van der Waals surface area contributed by atoms with E-state index < -0.39 is 12.0 Å². The normalized spacial score (nSPS) is 11.7. The van der Waals surface area contributed by atoms with Crippen LogP contribution in [0.5, 0.6) is 5.75 Å². The smallest absolute Gasteiger partial charge is 0.325 e. The minimum absolute atomic E-state index is 0.485. The number of ether oxygens (including phenoxy) is 1. The molecule has 0 aliphatic carbocycles. The van der Waals surface area contributed by atoms with Crippen molar-refractivity contribution in [1.82, 2.24) is 0 Å². The standard InChI is InChI=1S/C16H17NO3/c1-12(16(18)19)17-14-8-5-9-15(10-14)20-11-13-6-3-2-4-7-13/h2-10,12,17H,11H2,1H3,(H,18,19). The Morgan fingerprint density at radius 3 is 2.65 bits per heavy atom. The van der Waals surface area contributed by atoms with E-state index in [2.05, 4.69) is 5.32 Å². The van der Waals surface area contributed by atoms with Gasteiger partial charge >= 0.3 is 5.97 Å². The minimum Gasteiger partial charge on any atom is -0.489 e. The van der Waals surface area contributed by atoms with Crippen LogP contribution < -0.4 is 10.1 Å². The number of carboxylic acid groups (broad SMARTS) is 1. The summed E-state index contributed by atoms with van der Waals surface area (Å²) in [6.07, 6.45) is 0. The van der Waals surface area contributed by atoms with Crippen molar-refractivity contribution in [1.29, 1.82) is 0 Å². The Morgan fingerprint density at radius 2 is 1.95 bits per heavy atom. The average molecular weight is 271 g/mol. The third-order valence-electron chi connectivity index (χ3n) is 2.84. The Morgan fingerprint density at radius 1 is 1.20 bits per heavy atom. The van der Waals surface area contributed by atoms with Crippen LogP contribution in [0.15, 0.2) is 54.6 Å². The molecule has 4 nitrogen and oxygen atoms in total. The molecule has 0 fully saturated rings. The van der Waals surface area contributed by atoms with Crippen LogP contribution in [-0.4, -0.2) is 17.1 Å². The number of aliphatic carboxylic acids is 1. The Hall–Kier alpha value is -2.49. The maximum Gasteiger partial charge on any atom is 0.325 e. The highest BCUT2D eigenvalue weighted by molar-refractivity contribution is 5.76. The zero-order chi connectivity index (χ0) is 14.4. The molecule has 0 radical (unpaired) electrons. The predicted octanol–water partition coefficient (Wildman–Crippen LogP) is 3.15. The zero-order valence-corrected chi connectivity index (χ0v) is 11.2. The SMILES string of the molecule is CC(Nc1cccc(OCc2ccccc2)c1)C(=O)O. The van der Waals surface area contributed by atoms with Gasteiger partial charge < -0.3 is 15.2 Å². The monoisotopic (exact) mass is 271 g/mol. The van der Waals surface area contributed by atoms with E-state index in [9.17, 15) is 4.79 Å². The highest BCUT2D eigenvalue weighted by Crippen LogP contribution is 2.19. The molecule has 0 saturated heterocycles. The average Bonchev–Trinajstić information content (AvgIpc) is 2.46.